The number of hydrogen-bond acceptors (Lipinski definition) is 8. The minimum atomic E-state index is -0.452. The quantitative estimate of drug-likeness (QED) is 0.230. The monoisotopic (exact) mass is 482 g/mol. The summed E-state index contributed by atoms with van der Waals surface area (Å²) < 4.78 is 10.6. The van der Waals surface area contributed by atoms with Gasteiger partial charge in [0, 0.05) is 17.9 Å². The number of nitro groups is 1. The van der Waals surface area contributed by atoms with Gasteiger partial charge < -0.3 is 14.5 Å². The van der Waals surface area contributed by atoms with Gasteiger partial charge in [-0.25, -0.2) is 5.43 Å². The molecule has 2 aromatic carbocycles. The van der Waals surface area contributed by atoms with Crippen LogP contribution in [0.4, 0.5) is 5.69 Å². The molecule has 2 amide bonds. The van der Waals surface area contributed by atoms with E-state index in [2.05, 4.69) is 15.8 Å². The predicted molar refractivity (Wildman–Crippen MR) is 127 cm³/mol. The number of hydrogen-bond donors (Lipinski definition) is 2. The van der Waals surface area contributed by atoms with Crippen molar-refractivity contribution in [3.05, 3.63) is 93.9 Å². The summed E-state index contributed by atoms with van der Waals surface area (Å²) in [6.45, 7) is 0.174. The molecule has 11 heteroatoms. The third kappa shape index (κ3) is 8.43. The first-order valence-electron chi connectivity index (χ1n) is 10.1. The molecule has 10 nitrogen and oxygen atoms in total. The highest BCUT2D eigenvalue weighted by Crippen LogP contribution is 2.16. The first kappa shape index (κ1) is 24.5. The number of nitro benzene ring substituents is 1. The van der Waals surface area contributed by atoms with Crippen LogP contribution in [0.1, 0.15) is 16.9 Å². The second kappa shape index (κ2) is 12.8. The third-order valence-electron chi connectivity index (χ3n) is 4.34. The number of ether oxygens (including phenoxy) is 1. The first-order chi connectivity index (χ1) is 16.5. The average Bonchev–Trinajstić information content (AvgIpc) is 3.36. The lowest BCUT2D eigenvalue weighted by atomic mass is 10.2. The fourth-order valence-electron chi connectivity index (χ4n) is 2.64. The van der Waals surface area contributed by atoms with Crippen LogP contribution >= 0.6 is 11.8 Å². The Morgan fingerprint density at radius 3 is 2.53 bits per heavy atom. The van der Waals surface area contributed by atoms with Crippen LogP contribution < -0.4 is 15.5 Å². The Morgan fingerprint density at radius 2 is 1.85 bits per heavy atom. The first-order valence-corrected chi connectivity index (χ1v) is 11.3. The second-order valence-corrected chi connectivity index (χ2v) is 7.91. The van der Waals surface area contributed by atoms with E-state index in [1.165, 1.54) is 36.4 Å². The van der Waals surface area contributed by atoms with Gasteiger partial charge in [0.25, 0.3) is 11.6 Å². The van der Waals surface area contributed by atoms with Crippen molar-refractivity contribution in [2.75, 3.05) is 12.4 Å². The molecule has 0 aliphatic rings. The molecule has 0 bridgehead atoms. The minimum absolute atomic E-state index is 0.0343. The van der Waals surface area contributed by atoms with E-state index in [0.717, 1.165) is 11.1 Å². The van der Waals surface area contributed by atoms with E-state index in [9.17, 15) is 19.7 Å². The van der Waals surface area contributed by atoms with E-state index in [4.69, 9.17) is 9.15 Å². The predicted octanol–water partition coefficient (Wildman–Crippen LogP) is 3.27. The van der Waals surface area contributed by atoms with Crippen molar-refractivity contribution >= 4 is 35.5 Å². The molecule has 1 heterocycles. The third-order valence-corrected chi connectivity index (χ3v) is 5.35. The molecule has 0 aliphatic carbocycles. The minimum Gasteiger partial charge on any atom is -0.484 e. The van der Waals surface area contributed by atoms with E-state index < -0.39 is 4.92 Å². The van der Waals surface area contributed by atoms with E-state index in [-0.39, 0.29) is 29.9 Å². The van der Waals surface area contributed by atoms with Crippen molar-refractivity contribution in [1.29, 1.82) is 0 Å². The van der Waals surface area contributed by atoms with Crippen LogP contribution in [0, 0.1) is 10.1 Å². The smallest absolute Gasteiger partial charge is 0.269 e. The molecular formula is C23H22N4O6S. The Morgan fingerprint density at radius 1 is 1.09 bits per heavy atom. The highest BCUT2D eigenvalue weighted by atomic mass is 32.2. The molecule has 34 heavy (non-hydrogen) atoms. The Kier molecular flexibility index (Phi) is 9.23. The molecule has 2 N–H and O–H groups in total. The maximum atomic E-state index is 11.9. The molecule has 0 aliphatic heterocycles. The lowest BCUT2D eigenvalue weighted by Crippen LogP contribution is -2.28. The zero-order valence-corrected chi connectivity index (χ0v) is 18.8. The van der Waals surface area contributed by atoms with Crippen molar-refractivity contribution in [1.82, 2.24) is 10.7 Å². The molecule has 0 fully saturated rings. The summed E-state index contributed by atoms with van der Waals surface area (Å²) in [6.07, 6.45) is 3.04. The zero-order chi connectivity index (χ0) is 24.2. The molecule has 176 valence electrons. The van der Waals surface area contributed by atoms with Gasteiger partial charge in [0.1, 0.15) is 11.5 Å². The van der Waals surface area contributed by atoms with Gasteiger partial charge >= 0.3 is 0 Å². The van der Waals surface area contributed by atoms with Gasteiger partial charge in [-0.05, 0) is 47.5 Å². The number of hydrazone groups is 1. The van der Waals surface area contributed by atoms with Gasteiger partial charge in [-0.3, -0.25) is 19.7 Å². The van der Waals surface area contributed by atoms with Gasteiger partial charge in [-0.1, -0.05) is 12.1 Å². The summed E-state index contributed by atoms with van der Waals surface area (Å²) in [4.78, 5) is 33.9. The standard InChI is InChI=1S/C23H22N4O6S/c28-22(24-13-21-2-1-11-32-21)14-33-20-9-5-17(6-10-20)12-25-26-23(29)16-34-15-18-3-7-19(8-4-18)27(30)31/h1-12H,13-16H2,(H,24,28)(H,26,29). The number of amides is 2. The van der Waals surface area contributed by atoms with Gasteiger partial charge in [-0.2, -0.15) is 5.10 Å². The summed E-state index contributed by atoms with van der Waals surface area (Å²) in [5, 5.41) is 17.3. The number of non-ortho nitro benzene ring substituents is 1. The summed E-state index contributed by atoms with van der Waals surface area (Å²) in [5.74, 6) is 1.41. The van der Waals surface area contributed by atoms with Gasteiger partial charge in [-0.15, -0.1) is 11.8 Å². The molecule has 1 aromatic heterocycles. The summed E-state index contributed by atoms with van der Waals surface area (Å²) in [7, 11) is 0. The molecule has 3 aromatic rings. The van der Waals surface area contributed by atoms with E-state index >= 15 is 0 Å². The van der Waals surface area contributed by atoms with Gasteiger partial charge in [0.05, 0.1) is 29.7 Å². The Bertz CT molecular complexity index is 1120. The van der Waals surface area contributed by atoms with E-state index in [1.54, 1.807) is 48.5 Å². The van der Waals surface area contributed by atoms with Crippen molar-refractivity contribution in [2.45, 2.75) is 12.3 Å². The summed E-state index contributed by atoms with van der Waals surface area (Å²) in [5.41, 5.74) is 4.12. The van der Waals surface area contributed by atoms with Crippen LogP contribution in [0.3, 0.4) is 0 Å². The number of carbonyl (C=O) groups excluding carboxylic acids is 2. The second-order valence-electron chi connectivity index (χ2n) is 6.92. The lowest BCUT2D eigenvalue weighted by Gasteiger charge is -2.06. The molecule has 0 radical (unpaired) electrons. The van der Waals surface area contributed by atoms with Crippen LogP contribution in [-0.4, -0.2) is 35.3 Å². The molecule has 0 spiro atoms. The Hall–Kier alpha value is -4.12. The molecule has 0 saturated carbocycles. The van der Waals surface area contributed by atoms with E-state index in [0.29, 0.717) is 23.8 Å². The van der Waals surface area contributed by atoms with Crippen molar-refractivity contribution in [3.8, 4) is 5.75 Å². The Balaban J connectivity index is 1.32. The van der Waals surface area contributed by atoms with Crippen LogP contribution in [0.5, 0.6) is 5.75 Å². The number of carbonyl (C=O) groups is 2. The van der Waals surface area contributed by atoms with Crippen LogP contribution in [0.15, 0.2) is 76.4 Å². The molecular weight excluding hydrogens is 460 g/mol. The molecule has 3 rings (SSSR count). The molecule has 0 atom stereocenters. The average molecular weight is 483 g/mol. The fraction of sp³-hybridized carbons (Fsp3) is 0.174. The van der Waals surface area contributed by atoms with Crippen LogP contribution in [0.2, 0.25) is 0 Å². The number of benzene rings is 2. The maximum Gasteiger partial charge on any atom is 0.269 e. The lowest BCUT2D eigenvalue weighted by molar-refractivity contribution is -0.384. The van der Waals surface area contributed by atoms with Crippen molar-refractivity contribution in [3.63, 3.8) is 0 Å². The van der Waals surface area contributed by atoms with Gasteiger partial charge in [0.2, 0.25) is 5.91 Å². The van der Waals surface area contributed by atoms with E-state index in [1.807, 2.05) is 0 Å². The van der Waals surface area contributed by atoms with Crippen LogP contribution in [-0.2, 0) is 21.9 Å². The Labute approximate surface area is 199 Å². The number of thioether (sulfide) groups is 1. The highest BCUT2D eigenvalue weighted by Gasteiger charge is 2.06. The normalized spacial score (nSPS) is 10.7. The maximum absolute atomic E-state index is 11.9. The summed E-state index contributed by atoms with van der Waals surface area (Å²) in [6, 6.07) is 16.6. The number of rotatable bonds is 12. The van der Waals surface area contributed by atoms with Crippen molar-refractivity contribution in [2.24, 2.45) is 5.10 Å². The van der Waals surface area contributed by atoms with Crippen molar-refractivity contribution < 1.29 is 23.7 Å². The zero-order valence-electron chi connectivity index (χ0n) is 18.0. The van der Waals surface area contributed by atoms with Crippen LogP contribution in [0.25, 0.3) is 0 Å². The number of nitrogens with one attached hydrogen (secondary N) is 2. The number of nitrogens with zero attached hydrogens (tertiary/aromatic N) is 2. The highest BCUT2D eigenvalue weighted by molar-refractivity contribution is 7.99. The molecule has 0 unspecified atom stereocenters. The van der Waals surface area contributed by atoms with Gasteiger partial charge in [0.15, 0.2) is 6.61 Å². The topological polar surface area (TPSA) is 136 Å². The fourth-order valence-corrected chi connectivity index (χ4v) is 3.42. The summed E-state index contributed by atoms with van der Waals surface area (Å²) >= 11 is 1.38. The number of furan rings is 1. The SMILES string of the molecule is O=C(COc1ccc(C=NNC(=O)CSCc2ccc([N+](=O)[O-])cc2)cc1)NCc1ccco1. The largest absolute Gasteiger partial charge is 0.484 e. The molecule has 0 saturated heterocycles.